The molecule has 0 bridgehead atoms. The summed E-state index contributed by atoms with van der Waals surface area (Å²) in [6.07, 6.45) is 3.61. The van der Waals surface area contributed by atoms with E-state index in [1.54, 1.807) is 29.2 Å². The number of piperidine rings is 1. The molecular weight excluding hydrogens is 442 g/mol. The lowest BCUT2D eigenvalue weighted by Gasteiger charge is -2.32. The number of likely N-dealkylation sites (tertiary alicyclic amines) is 1. The van der Waals surface area contributed by atoms with Crippen LogP contribution in [0, 0.1) is 5.92 Å². The lowest BCUT2D eigenvalue weighted by atomic mass is 9.96. The highest BCUT2D eigenvalue weighted by atomic mass is 32.2. The van der Waals surface area contributed by atoms with Crippen LogP contribution >= 0.6 is 0 Å². The van der Waals surface area contributed by atoms with Gasteiger partial charge < -0.3 is 15.0 Å². The molecule has 8 nitrogen and oxygen atoms in total. The van der Waals surface area contributed by atoms with Crippen LogP contribution in [-0.2, 0) is 14.8 Å². The molecule has 2 fully saturated rings. The molecule has 2 aliphatic rings. The van der Waals surface area contributed by atoms with Crippen LogP contribution in [-0.4, -0.2) is 50.9 Å². The second-order valence-corrected chi connectivity index (χ2v) is 10.1. The van der Waals surface area contributed by atoms with Crippen LogP contribution in [0.4, 0.5) is 5.69 Å². The van der Waals surface area contributed by atoms with Gasteiger partial charge in [-0.15, -0.1) is 0 Å². The molecule has 1 aliphatic heterocycles. The number of benzene rings is 2. The summed E-state index contributed by atoms with van der Waals surface area (Å²) in [7, 11) is -3.80. The molecule has 1 saturated heterocycles. The average Bonchev–Trinajstić information content (AvgIpc) is 3.64. The van der Waals surface area contributed by atoms with E-state index >= 15 is 0 Å². The Morgan fingerprint density at radius 1 is 1.03 bits per heavy atom. The number of nitrogens with one attached hydrogen (secondary N) is 2. The minimum absolute atomic E-state index is 0.0248. The maximum atomic E-state index is 13.0. The van der Waals surface area contributed by atoms with Crippen molar-refractivity contribution in [3.63, 3.8) is 0 Å². The molecule has 4 rings (SSSR count). The summed E-state index contributed by atoms with van der Waals surface area (Å²) in [4.78, 5) is 27.1. The summed E-state index contributed by atoms with van der Waals surface area (Å²) < 4.78 is 33.3. The number of anilines is 1. The average molecular weight is 472 g/mol. The van der Waals surface area contributed by atoms with Crippen molar-refractivity contribution in [2.45, 2.75) is 43.5 Å². The summed E-state index contributed by atoms with van der Waals surface area (Å²) >= 11 is 0. The second-order valence-electron chi connectivity index (χ2n) is 8.46. The maximum absolute atomic E-state index is 13.0. The lowest BCUT2D eigenvalue weighted by molar-refractivity contribution is -0.126. The van der Waals surface area contributed by atoms with Crippen LogP contribution < -0.4 is 14.8 Å². The van der Waals surface area contributed by atoms with Gasteiger partial charge in [0.05, 0.1) is 17.4 Å². The van der Waals surface area contributed by atoms with Crippen molar-refractivity contribution in [3.8, 4) is 5.75 Å². The topological polar surface area (TPSA) is 105 Å². The molecule has 1 heterocycles. The quantitative estimate of drug-likeness (QED) is 0.616. The van der Waals surface area contributed by atoms with E-state index in [1.807, 2.05) is 6.92 Å². The highest BCUT2D eigenvalue weighted by Gasteiger charge is 2.32. The summed E-state index contributed by atoms with van der Waals surface area (Å²) in [6, 6.07) is 12.8. The standard InChI is InChI=1S/C24H29N3O5S/c1-2-32-21-11-9-20(10-12-21)26-33(30,31)22-13-5-17(6-14-22)24(29)27-15-3-4-18(16-27)23(28)25-19-7-8-19/h5-6,9-14,18-19,26H,2-4,7-8,15-16H2,1H3,(H,25,28). The molecule has 1 aliphatic carbocycles. The predicted octanol–water partition coefficient (Wildman–Crippen LogP) is 3.02. The lowest BCUT2D eigenvalue weighted by Crippen LogP contribution is -2.45. The van der Waals surface area contributed by atoms with Gasteiger partial charge >= 0.3 is 0 Å². The van der Waals surface area contributed by atoms with Gasteiger partial charge in [0, 0.05) is 30.4 Å². The first-order valence-corrected chi connectivity index (χ1v) is 12.8. The fourth-order valence-electron chi connectivity index (χ4n) is 3.88. The van der Waals surface area contributed by atoms with Crippen molar-refractivity contribution in [1.29, 1.82) is 0 Å². The third kappa shape index (κ3) is 5.84. The molecular formula is C24H29N3O5S. The van der Waals surface area contributed by atoms with Gasteiger partial charge in [-0.3, -0.25) is 14.3 Å². The summed E-state index contributed by atoms with van der Waals surface area (Å²) in [5.74, 6) is 0.300. The fourth-order valence-corrected chi connectivity index (χ4v) is 4.94. The summed E-state index contributed by atoms with van der Waals surface area (Å²) in [5, 5.41) is 3.02. The first-order valence-electron chi connectivity index (χ1n) is 11.3. The second kappa shape index (κ2) is 9.82. The Labute approximate surface area is 194 Å². The van der Waals surface area contributed by atoms with Gasteiger partial charge in [-0.1, -0.05) is 0 Å². The number of rotatable bonds is 8. The molecule has 9 heteroatoms. The molecule has 1 atom stereocenters. The predicted molar refractivity (Wildman–Crippen MR) is 125 cm³/mol. The smallest absolute Gasteiger partial charge is 0.261 e. The van der Waals surface area contributed by atoms with E-state index in [0.29, 0.717) is 42.7 Å². The highest BCUT2D eigenvalue weighted by molar-refractivity contribution is 7.92. The third-order valence-electron chi connectivity index (χ3n) is 5.83. The maximum Gasteiger partial charge on any atom is 0.261 e. The van der Waals surface area contributed by atoms with Crippen molar-refractivity contribution in [2.24, 2.45) is 5.92 Å². The molecule has 0 aromatic heterocycles. The van der Waals surface area contributed by atoms with Crippen molar-refractivity contribution in [2.75, 3.05) is 24.4 Å². The first kappa shape index (κ1) is 23.1. The van der Waals surface area contributed by atoms with Crippen LogP contribution in [0.15, 0.2) is 53.4 Å². The molecule has 2 aromatic rings. The number of carbonyl (C=O) groups excluding carboxylic acids is 2. The number of hydrogen-bond acceptors (Lipinski definition) is 5. The number of amides is 2. The Kier molecular flexibility index (Phi) is 6.88. The normalized spacial score (nSPS) is 18.5. The third-order valence-corrected chi connectivity index (χ3v) is 7.23. The van der Waals surface area contributed by atoms with E-state index in [0.717, 1.165) is 25.7 Å². The van der Waals surface area contributed by atoms with Gasteiger partial charge in [0.2, 0.25) is 5.91 Å². The molecule has 1 saturated carbocycles. The number of nitrogens with zero attached hydrogens (tertiary/aromatic N) is 1. The van der Waals surface area contributed by atoms with E-state index in [-0.39, 0.29) is 22.6 Å². The van der Waals surface area contributed by atoms with Gasteiger partial charge in [-0.2, -0.15) is 0 Å². The minimum atomic E-state index is -3.80. The summed E-state index contributed by atoms with van der Waals surface area (Å²) in [6.45, 7) is 3.38. The Balaban J connectivity index is 1.39. The molecule has 2 aromatic carbocycles. The molecule has 1 unspecified atom stereocenters. The number of carbonyl (C=O) groups is 2. The van der Waals surface area contributed by atoms with Gasteiger partial charge in [-0.05, 0) is 81.1 Å². The first-order chi connectivity index (χ1) is 15.9. The van der Waals surface area contributed by atoms with Crippen LogP contribution in [0.5, 0.6) is 5.75 Å². The molecule has 2 N–H and O–H groups in total. The van der Waals surface area contributed by atoms with Gasteiger partial charge in [-0.25, -0.2) is 8.42 Å². The SMILES string of the molecule is CCOc1ccc(NS(=O)(=O)c2ccc(C(=O)N3CCCC(C(=O)NC4CC4)C3)cc2)cc1. The van der Waals surface area contributed by atoms with Gasteiger partial charge in [0.1, 0.15) is 5.75 Å². The zero-order valence-electron chi connectivity index (χ0n) is 18.6. The minimum Gasteiger partial charge on any atom is -0.494 e. The molecule has 176 valence electrons. The zero-order chi connectivity index (χ0) is 23.4. The van der Waals surface area contributed by atoms with Crippen LogP contribution in [0.2, 0.25) is 0 Å². The van der Waals surface area contributed by atoms with Crippen molar-refractivity contribution in [1.82, 2.24) is 10.2 Å². The number of sulfonamides is 1. The molecule has 33 heavy (non-hydrogen) atoms. The number of ether oxygens (including phenoxy) is 1. The van der Waals surface area contributed by atoms with Crippen molar-refractivity contribution >= 4 is 27.5 Å². The molecule has 0 radical (unpaired) electrons. The Morgan fingerprint density at radius 3 is 2.36 bits per heavy atom. The summed E-state index contributed by atoms with van der Waals surface area (Å²) in [5.41, 5.74) is 0.820. The van der Waals surface area contributed by atoms with E-state index in [1.165, 1.54) is 24.3 Å². The van der Waals surface area contributed by atoms with Gasteiger partial charge in [0.15, 0.2) is 0 Å². The fraction of sp³-hybridized carbons (Fsp3) is 0.417. The Morgan fingerprint density at radius 2 is 1.73 bits per heavy atom. The van der Waals surface area contributed by atoms with E-state index < -0.39 is 10.0 Å². The van der Waals surface area contributed by atoms with E-state index in [2.05, 4.69) is 10.0 Å². The van der Waals surface area contributed by atoms with E-state index in [4.69, 9.17) is 4.74 Å². The largest absolute Gasteiger partial charge is 0.494 e. The molecule has 2 amide bonds. The van der Waals surface area contributed by atoms with Gasteiger partial charge in [0.25, 0.3) is 15.9 Å². The number of hydrogen-bond donors (Lipinski definition) is 2. The zero-order valence-corrected chi connectivity index (χ0v) is 19.4. The monoisotopic (exact) mass is 471 g/mol. The Hall–Kier alpha value is -3.07. The highest BCUT2D eigenvalue weighted by Crippen LogP contribution is 2.24. The Bertz CT molecular complexity index is 1100. The van der Waals surface area contributed by atoms with Crippen LogP contribution in [0.1, 0.15) is 43.0 Å². The van der Waals surface area contributed by atoms with E-state index in [9.17, 15) is 18.0 Å². The molecule has 0 spiro atoms. The van der Waals surface area contributed by atoms with Crippen LogP contribution in [0.3, 0.4) is 0 Å². The van der Waals surface area contributed by atoms with Crippen molar-refractivity contribution in [3.05, 3.63) is 54.1 Å². The van der Waals surface area contributed by atoms with Crippen LogP contribution in [0.25, 0.3) is 0 Å². The van der Waals surface area contributed by atoms with Crippen molar-refractivity contribution < 1.29 is 22.7 Å².